The zero-order valence-corrected chi connectivity index (χ0v) is 10.5. The van der Waals surface area contributed by atoms with Gasteiger partial charge in [0.15, 0.2) is 0 Å². The predicted molar refractivity (Wildman–Crippen MR) is 71.3 cm³/mol. The van der Waals surface area contributed by atoms with Crippen molar-refractivity contribution in [1.29, 1.82) is 0 Å². The molecule has 0 aliphatic rings. The number of aromatic nitrogens is 2. The second-order valence-electron chi connectivity index (χ2n) is 3.96. The number of hydrogen-bond acceptors (Lipinski definition) is 4. The number of primary amides is 1. The molecule has 2 rings (SSSR count). The molecule has 18 heavy (non-hydrogen) atoms. The van der Waals surface area contributed by atoms with Crippen LogP contribution in [0.1, 0.15) is 5.82 Å². The van der Waals surface area contributed by atoms with E-state index in [4.69, 9.17) is 11.5 Å². The number of fused-ring (bicyclic) bond motifs is 1. The first-order valence-corrected chi connectivity index (χ1v) is 6.91. The fourth-order valence-electron chi connectivity index (χ4n) is 1.64. The van der Waals surface area contributed by atoms with Crippen molar-refractivity contribution in [3.05, 3.63) is 24.0 Å². The number of amides is 1. The summed E-state index contributed by atoms with van der Waals surface area (Å²) in [7, 11) is -1.24. The molecule has 6 nitrogen and oxygen atoms in total. The van der Waals surface area contributed by atoms with Gasteiger partial charge >= 0.3 is 0 Å². The molecule has 1 aromatic heterocycles. The molecule has 0 fully saturated rings. The Hall–Kier alpha value is -1.89. The van der Waals surface area contributed by atoms with E-state index in [1.54, 1.807) is 12.1 Å². The first-order valence-electron chi connectivity index (χ1n) is 5.42. The van der Waals surface area contributed by atoms with Crippen molar-refractivity contribution in [2.45, 2.75) is 6.42 Å². The minimum atomic E-state index is -1.24. The van der Waals surface area contributed by atoms with E-state index in [-0.39, 0.29) is 5.75 Å². The lowest BCUT2D eigenvalue weighted by molar-refractivity contribution is -0.115. The summed E-state index contributed by atoms with van der Waals surface area (Å²) in [5.74, 6) is 0.435. The lowest BCUT2D eigenvalue weighted by Crippen LogP contribution is -2.21. The van der Waals surface area contributed by atoms with Gasteiger partial charge in [-0.2, -0.15) is 0 Å². The molecule has 1 heterocycles. The number of nitrogens with zero attached hydrogens (tertiary/aromatic N) is 1. The van der Waals surface area contributed by atoms with Gasteiger partial charge in [-0.3, -0.25) is 9.00 Å². The Kier molecular flexibility index (Phi) is 3.61. The minimum Gasteiger partial charge on any atom is -0.399 e. The van der Waals surface area contributed by atoms with Gasteiger partial charge in [-0.05, 0) is 18.2 Å². The van der Waals surface area contributed by atoms with E-state index in [1.807, 2.05) is 6.07 Å². The molecule has 1 aromatic carbocycles. The number of carbonyl (C=O) groups is 1. The molecule has 0 saturated heterocycles. The first kappa shape index (κ1) is 12.6. The zero-order chi connectivity index (χ0) is 13.1. The van der Waals surface area contributed by atoms with Crippen molar-refractivity contribution in [3.63, 3.8) is 0 Å². The van der Waals surface area contributed by atoms with Gasteiger partial charge in [0.2, 0.25) is 5.91 Å². The average Bonchev–Trinajstić information content (AvgIpc) is 2.67. The monoisotopic (exact) mass is 266 g/mol. The molecule has 2 aromatic rings. The number of rotatable bonds is 5. The van der Waals surface area contributed by atoms with Crippen molar-refractivity contribution in [1.82, 2.24) is 9.97 Å². The van der Waals surface area contributed by atoms with Crippen LogP contribution in [0.2, 0.25) is 0 Å². The molecule has 0 spiro atoms. The number of aryl methyl sites for hydroxylation is 1. The first-order chi connectivity index (χ1) is 8.54. The topological polar surface area (TPSA) is 115 Å². The summed E-state index contributed by atoms with van der Waals surface area (Å²) < 4.78 is 11.4. The number of hydrogen-bond donors (Lipinski definition) is 3. The summed E-state index contributed by atoms with van der Waals surface area (Å²) >= 11 is 0. The smallest absolute Gasteiger partial charge is 0.230 e. The number of nitrogens with two attached hydrogens (primary N) is 2. The van der Waals surface area contributed by atoms with Crippen LogP contribution in [0.25, 0.3) is 11.0 Å². The van der Waals surface area contributed by atoms with E-state index in [1.165, 1.54) is 0 Å². The summed E-state index contributed by atoms with van der Waals surface area (Å²) in [5, 5.41) is 0. The maximum Gasteiger partial charge on any atom is 0.230 e. The van der Waals surface area contributed by atoms with Crippen molar-refractivity contribution in [2.24, 2.45) is 5.73 Å². The van der Waals surface area contributed by atoms with E-state index >= 15 is 0 Å². The number of imidazole rings is 1. The van der Waals surface area contributed by atoms with Crippen LogP contribution in [0, 0.1) is 0 Å². The molecular weight excluding hydrogens is 252 g/mol. The van der Waals surface area contributed by atoms with Gasteiger partial charge in [0.05, 0.1) is 11.0 Å². The van der Waals surface area contributed by atoms with Gasteiger partial charge in [-0.1, -0.05) is 0 Å². The average molecular weight is 266 g/mol. The van der Waals surface area contributed by atoms with E-state index in [0.717, 1.165) is 16.9 Å². The van der Waals surface area contributed by atoms with Gasteiger partial charge < -0.3 is 16.5 Å². The van der Waals surface area contributed by atoms with Crippen LogP contribution in [0.3, 0.4) is 0 Å². The molecule has 0 saturated carbocycles. The summed E-state index contributed by atoms with van der Waals surface area (Å²) in [4.78, 5) is 18.0. The molecule has 7 heteroatoms. The molecule has 0 aliphatic carbocycles. The number of aromatic amines is 1. The number of nitrogen functional groups attached to an aromatic ring is 1. The van der Waals surface area contributed by atoms with Crippen LogP contribution in [-0.4, -0.2) is 31.6 Å². The highest BCUT2D eigenvalue weighted by Gasteiger charge is 2.07. The number of anilines is 1. The van der Waals surface area contributed by atoms with E-state index < -0.39 is 16.7 Å². The van der Waals surface area contributed by atoms with Crippen LogP contribution in [0.4, 0.5) is 5.69 Å². The molecule has 5 N–H and O–H groups in total. The molecule has 1 unspecified atom stereocenters. The number of benzene rings is 1. The molecule has 1 atom stereocenters. The molecule has 0 bridgehead atoms. The molecule has 0 aliphatic heterocycles. The highest BCUT2D eigenvalue weighted by atomic mass is 32.2. The van der Waals surface area contributed by atoms with E-state index in [2.05, 4.69) is 9.97 Å². The normalized spacial score (nSPS) is 12.7. The van der Waals surface area contributed by atoms with Gasteiger partial charge in [0, 0.05) is 28.7 Å². The van der Waals surface area contributed by atoms with E-state index in [0.29, 0.717) is 17.9 Å². The second-order valence-corrected chi connectivity index (χ2v) is 5.54. The van der Waals surface area contributed by atoms with E-state index in [9.17, 15) is 9.00 Å². The highest BCUT2D eigenvalue weighted by molar-refractivity contribution is 7.85. The highest BCUT2D eigenvalue weighted by Crippen LogP contribution is 2.15. The Balaban J connectivity index is 2.04. The van der Waals surface area contributed by atoms with Crippen molar-refractivity contribution in [2.75, 3.05) is 17.2 Å². The maximum absolute atomic E-state index is 11.4. The lowest BCUT2D eigenvalue weighted by atomic mass is 10.3. The van der Waals surface area contributed by atoms with Crippen LogP contribution in [0.5, 0.6) is 0 Å². The molecule has 96 valence electrons. The third-order valence-corrected chi connectivity index (χ3v) is 3.69. The van der Waals surface area contributed by atoms with Gasteiger partial charge in [-0.15, -0.1) is 0 Å². The standard InChI is InChI=1S/C11H14N4O2S/c12-7-1-2-8-9(5-7)15-11(14-8)3-4-18(17)6-10(13)16/h1-2,5H,3-4,6,12H2,(H2,13,16)(H,14,15). The van der Waals surface area contributed by atoms with Gasteiger partial charge in [-0.25, -0.2) is 4.98 Å². The largest absolute Gasteiger partial charge is 0.399 e. The minimum absolute atomic E-state index is 0.104. The number of H-pyrrole nitrogens is 1. The Morgan fingerprint density at radius 3 is 2.94 bits per heavy atom. The third kappa shape index (κ3) is 3.07. The molecule has 0 radical (unpaired) electrons. The Bertz CT molecular complexity index is 608. The summed E-state index contributed by atoms with van der Waals surface area (Å²) in [6.45, 7) is 0. The summed E-state index contributed by atoms with van der Waals surface area (Å²) in [5.41, 5.74) is 13.0. The molecular formula is C11H14N4O2S. The summed E-state index contributed by atoms with van der Waals surface area (Å²) in [6.07, 6.45) is 0.508. The van der Waals surface area contributed by atoms with Crippen molar-refractivity contribution >= 4 is 33.4 Å². The Labute approximate surface area is 106 Å². The van der Waals surface area contributed by atoms with Crippen LogP contribution in [0.15, 0.2) is 18.2 Å². The Morgan fingerprint density at radius 2 is 2.22 bits per heavy atom. The van der Waals surface area contributed by atoms with Gasteiger partial charge in [0.25, 0.3) is 0 Å². The fraction of sp³-hybridized carbons (Fsp3) is 0.273. The van der Waals surface area contributed by atoms with Crippen LogP contribution < -0.4 is 11.5 Å². The quantitative estimate of drug-likeness (QED) is 0.656. The van der Waals surface area contributed by atoms with Gasteiger partial charge in [0.1, 0.15) is 11.6 Å². The number of carbonyl (C=O) groups excluding carboxylic acids is 1. The predicted octanol–water partition coefficient (Wildman–Crippen LogP) is -0.0784. The third-order valence-electron chi connectivity index (χ3n) is 2.42. The fourth-order valence-corrected chi connectivity index (χ4v) is 2.52. The van der Waals surface area contributed by atoms with Crippen molar-refractivity contribution < 1.29 is 9.00 Å². The zero-order valence-electron chi connectivity index (χ0n) is 9.68. The van der Waals surface area contributed by atoms with Crippen molar-refractivity contribution in [3.8, 4) is 0 Å². The second kappa shape index (κ2) is 5.18. The SMILES string of the molecule is NC(=O)CS(=O)CCc1nc2ccc(N)cc2[nH]1. The molecule has 1 amide bonds. The number of nitrogens with one attached hydrogen (secondary N) is 1. The summed E-state index contributed by atoms with van der Waals surface area (Å²) in [6, 6.07) is 5.40. The Morgan fingerprint density at radius 1 is 1.44 bits per heavy atom. The van der Waals surface area contributed by atoms with Crippen LogP contribution >= 0.6 is 0 Å². The maximum atomic E-state index is 11.4. The van der Waals surface area contributed by atoms with Crippen LogP contribution in [-0.2, 0) is 22.0 Å². The lowest BCUT2D eigenvalue weighted by Gasteiger charge is -1.97.